The smallest absolute Gasteiger partial charge is 0.407 e. The van der Waals surface area contributed by atoms with E-state index in [2.05, 4.69) is 5.10 Å². The Morgan fingerprint density at radius 2 is 1.80 bits per heavy atom. The highest BCUT2D eigenvalue weighted by Gasteiger charge is 2.40. The number of methoxy groups -OCH3 is 1. The number of nitrogens with zero attached hydrogens (tertiary/aromatic N) is 4. The second-order valence-electron chi connectivity index (χ2n) is 10.3. The van der Waals surface area contributed by atoms with E-state index in [4.69, 9.17) is 34.9 Å². The van der Waals surface area contributed by atoms with Crippen LogP contribution in [0.25, 0.3) is 22.3 Å². The zero-order valence-electron chi connectivity index (χ0n) is 24.2. The molecule has 1 atom stereocenters. The predicted molar refractivity (Wildman–Crippen MR) is 158 cm³/mol. The highest BCUT2D eigenvalue weighted by molar-refractivity contribution is 6.35. The van der Waals surface area contributed by atoms with Gasteiger partial charge in [-0.1, -0.05) is 25.4 Å². The lowest BCUT2D eigenvalue weighted by Gasteiger charge is -2.41. The zero-order chi connectivity index (χ0) is 29.6. The van der Waals surface area contributed by atoms with E-state index < -0.39 is 17.8 Å². The second-order valence-corrected chi connectivity index (χ2v) is 12.0. The number of hydrogen-bond acceptors (Lipinski definition) is 7. The highest BCUT2D eigenvalue weighted by Crippen LogP contribution is 2.37. The Bertz CT molecular complexity index is 1300. The maximum absolute atomic E-state index is 11.7. The Balaban J connectivity index is 1.97. The summed E-state index contributed by atoms with van der Waals surface area (Å²) in [6.45, 7) is 12.4. The van der Waals surface area contributed by atoms with E-state index in [1.807, 2.05) is 57.6 Å². The Morgan fingerprint density at radius 3 is 2.38 bits per heavy atom. The van der Waals surface area contributed by atoms with E-state index in [1.165, 1.54) is 4.90 Å². The summed E-state index contributed by atoms with van der Waals surface area (Å²) in [6, 6.07) is 7.45. The average Bonchev–Trinajstić information content (AvgIpc) is 3.35. The van der Waals surface area contributed by atoms with E-state index in [1.54, 1.807) is 32.5 Å². The first-order valence-electron chi connectivity index (χ1n) is 12.9. The fraction of sp³-hybridized carbons (Fsp3) is 0.519. The summed E-state index contributed by atoms with van der Waals surface area (Å²) in [6.07, 6.45) is 0.194. The van der Waals surface area contributed by atoms with Crippen molar-refractivity contribution in [3.63, 3.8) is 0 Å². The molecule has 216 valence electrons. The van der Waals surface area contributed by atoms with Gasteiger partial charge in [0, 0.05) is 42.6 Å². The molecule has 3 rings (SSSR count). The Hall–Kier alpha value is -2.65. The minimum Gasteiger partial charge on any atom is -0.497 e. The van der Waals surface area contributed by atoms with Crippen molar-refractivity contribution in [2.24, 2.45) is 11.3 Å². The molecular formula is C27H37ClN4O6Si2. The third-order valence-electron chi connectivity index (χ3n) is 6.80. The van der Waals surface area contributed by atoms with Crippen molar-refractivity contribution in [2.75, 3.05) is 27.3 Å². The van der Waals surface area contributed by atoms with E-state index in [0.717, 1.165) is 10.9 Å². The number of benzene rings is 1. The molecule has 0 saturated heterocycles. The first-order valence-corrected chi connectivity index (χ1v) is 16.1. The Kier molecular flexibility index (Phi) is 11.0. The number of carbonyl (C=O) groups is 1. The predicted octanol–water partition coefficient (Wildman–Crippen LogP) is 5.67. The van der Waals surface area contributed by atoms with Gasteiger partial charge in [-0.05, 0) is 45.1 Å². The van der Waals surface area contributed by atoms with Crippen molar-refractivity contribution in [1.29, 1.82) is 0 Å². The summed E-state index contributed by atoms with van der Waals surface area (Å²) in [7, 11) is 3.57. The highest BCUT2D eigenvalue weighted by atomic mass is 35.5. The number of amides is 1. The molecular weight excluding hydrogens is 568 g/mol. The number of rotatable bonds is 14. The van der Waals surface area contributed by atoms with Crippen LogP contribution in [0, 0.1) is 11.3 Å². The van der Waals surface area contributed by atoms with Crippen molar-refractivity contribution >= 4 is 48.3 Å². The van der Waals surface area contributed by atoms with Crippen LogP contribution in [0.15, 0.2) is 30.5 Å². The Labute approximate surface area is 245 Å². The van der Waals surface area contributed by atoms with E-state index in [0.29, 0.717) is 27.9 Å². The van der Waals surface area contributed by atoms with Crippen LogP contribution in [0.1, 0.15) is 33.7 Å². The van der Waals surface area contributed by atoms with Crippen LogP contribution < -0.4 is 9.47 Å². The van der Waals surface area contributed by atoms with Gasteiger partial charge in [-0.2, -0.15) is 5.10 Å². The van der Waals surface area contributed by atoms with E-state index in [9.17, 15) is 9.90 Å². The number of hydrogen-bond donors (Lipinski definition) is 1. The van der Waals surface area contributed by atoms with E-state index in [-0.39, 0.29) is 44.6 Å². The van der Waals surface area contributed by atoms with Crippen LogP contribution in [-0.2, 0) is 8.85 Å². The van der Waals surface area contributed by atoms with Crippen LogP contribution in [0.4, 0.5) is 4.79 Å². The summed E-state index contributed by atoms with van der Waals surface area (Å²) in [5.74, 6) is 0.882. The van der Waals surface area contributed by atoms with Gasteiger partial charge in [-0.25, -0.2) is 14.5 Å². The number of fused-ring (bicyclic) bond motifs is 1. The van der Waals surface area contributed by atoms with Crippen molar-refractivity contribution in [2.45, 2.75) is 53.1 Å². The monoisotopic (exact) mass is 604 g/mol. The van der Waals surface area contributed by atoms with Gasteiger partial charge in [0.15, 0.2) is 5.65 Å². The van der Waals surface area contributed by atoms with Gasteiger partial charge in [0.2, 0.25) is 19.5 Å². The molecule has 1 N–H and O–H groups in total. The van der Waals surface area contributed by atoms with Gasteiger partial charge in [0.25, 0.3) is 0 Å². The normalized spacial score (nSPS) is 12.8. The number of aromatic nitrogens is 3. The maximum atomic E-state index is 11.7. The molecule has 40 heavy (non-hydrogen) atoms. The third kappa shape index (κ3) is 7.35. The van der Waals surface area contributed by atoms with Gasteiger partial charge in [0.05, 0.1) is 36.0 Å². The Morgan fingerprint density at radius 1 is 1.15 bits per heavy atom. The largest absolute Gasteiger partial charge is 0.497 e. The molecule has 0 spiro atoms. The standard InChI is InChI=1S/C27H37ClN4O6Si2/c1-16(2)32-24-21(13-29-32)22(28)12-23(30-24)17-9-19(35-6)11-20(10-17)36-15-18(14-31(5)26(33)34)27(3,4)25(37-39-7)38-40-8/h9-13,16,18,25H,14-15H2,1-8H3,(H,33,34). The summed E-state index contributed by atoms with van der Waals surface area (Å²) in [5, 5.41) is 15.4. The molecule has 13 heteroatoms. The SMILES string of the molecule is COc1cc(OCC(CN(C)C(=O)O)C(C)(C)C(O[Si]C)O[Si]C)cc(-c2cc(Cl)c3cnn(C(C)C)c3n2)c1. The van der Waals surface area contributed by atoms with Crippen molar-refractivity contribution in [1.82, 2.24) is 19.7 Å². The van der Waals surface area contributed by atoms with Gasteiger partial charge in [-0.15, -0.1) is 0 Å². The third-order valence-corrected chi connectivity index (χ3v) is 8.01. The van der Waals surface area contributed by atoms with Crippen LogP contribution in [0.2, 0.25) is 18.1 Å². The number of carboxylic acid groups (broad SMARTS) is 1. The van der Waals surface area contributed by atoms with Crippen LogP contribution in [0.3, 0.4) is 0 Å². The van der Waals surface area contributed by atoms with Crippen LogP contribution >= 0.6 is 11.6 Å². The summed E-state index contributed by atoms with van der Waals surface area (Å²) >= 11 is 6.62. The minimum atomic E-state index is -1.02. The molecule has 1 amide bonds. The summed E-state index contributed by atoms with van der Waals surface area (Å²) < 4.78 is 25.6. The fourth-order valence-corrected chi connectivity index (χ4v) is 5.73. The second kappa shape index (κ2) is 13.8. The molecule has 0 saturated carbocycles. The molecule has 0 aliphatic heterocycles. The molecule has 0 bridgehead atoms. The lowest BCUT2D eigenvalue weighted by molar-refractivity contribution is -0.114. The average molecular weight is 605 g/mol. The van der Waals surface area contributed by atoms with Crippen molar-refractivity contribution < 1.29 is 28.2 Å². The minimum absolute atomic E-state index is 0.114. The lowest BCUT2D eigenvalue weighted by Crippen LogP contribution is -2.48. The topological polar surface area (TPSA) is 108 Å². The van der Waals surface area contributed by atoms with Crippen LogP contribution in [-0.4, -0.2) is 84.0 Å². The van der Waals surface area contributed by atoms with Crippen molar-refractivity contribution in [3.05, 3.63) is 35.5 Å². The molecule has 2 heterocycles. The molecule has 0 aliphatic carbocycles. The zero-order valence-corrected chi connectivity index (χ0v) is 26.9. The molecule has 0 fully saturated rings. The molecule has 10 nitrogen and oxygen atoms in total. The molecule has 4 radical (unpaired) electrons. The molecule has 0 aliphatic rings. The maximum Gasteiger partial charge on any atom is 0.407 e. The van der Waals surface area contributed by atoms with Crippen molar-refractivity contribution in [3.8, 4) is 22.8 Å². The summed E-state index contributed by atoms with van der Waals surface area (Å²) in [5.41, 5.74) is 1.55. The lowest BCUT2D eigenvalue weighted by atomic mass is 9.78. The van der Waals surface area contributed by atoms with E-state index >= 15 is 0 Å². The number of ether oxygens (including phenoxy) is 2. The van der Waals surface area contributed by atoms with Gasteiger partial charge < -0.3 is 28.3 Å². The van der Waals surface area contributed by atoms with Crippen LogP contribution in [0.5, 0.6) is 11.5 Å². The quantitative estimate of drug-likeness (QED) is 0.185. The number of pyridine rings is 1. The first-order chi connectivity index (χ1) is 18.9. The molecule has 1 aromatic carbocycles. The summed E-state index contributed by atoms with van der Waals surface area (Å²) in [4.78, 5) is 17.8. The van der Waals surface area contributed by atoms with Gasteiger partial charge >= 0.3 is 6.09 Å². The van der Waals surface area contributed by atoms with Gasteiger partial charge in [0.1, 0.15) is 17.8 Å². The molecule has 1 unspecified atom stereocenters. The molecule has 2 aromatic heterocycles. The fourth-order valence-electron chi connectivity index (χ4n) is 4.27. The molecule has 3 aromatic rings. The van der Waals surface area contributed by atoms with Gasteiger partial charge in [-0.3, -0.25) is 0 Å². The first kappa shape index (κ1) is 31.9. The number of halogens is 1.